The lowest BCUT2D eigenvalue weighted by atomic mass is 10.0. The summed E-state index contributed by atoms with van der Waals surface area (Å²) in [6.45, 7) is 2.75. The van der Waals surface area contributed by atoms with E-state index in [-0.39, 0.29) is 37.9 Å². The van der Waals surface area contributed by atoms with Crippen LogP contribution < -0.4 is 15.4 Å². The van der Waals surface area contributed by atoms with Gasteiger partial charge >= 0.3 is 6.09 Å². The summed E-state index contributed by atoms with van der Waals surface area (Å²) in [5, 5.41) is 5.69. The van der Waals surface area contributed by atoms with E-state index in [1.807, 2.05) is 104 Å². The molecule has 0 spiro atoms. The number of aromatic amines is 1. The van der Waals surface area contributed by atoms with Gasteiger partial charge in [-0.3, -0.25) is 14.6 Å². The fourth-order valence-corrected chi connectivity index (χ4v) is 5.11. The first kappa shape index (κ1) is 34.4. The third-order valence-corrected chi connectivity index (χ3v) is 7.85. The van der Waals surface area contributed by atoms with Crippen LogP contribution in [0.4, 0.5) is 4.79 Å². The number of amides is 3. The summed E-state index contributed by atoms with van der Waals surface area (Å²) in [7, 11) is 0. The van der Waals surface area contributed by atoms with Crippen LogP contribution in [0.5, 0.6) is 5.75 Å². The van der Waals surface area contributed by atoms with Crippen molar-refractivity contribution in [1.29, 1.82) is 0 Å². The van der Waals surface area contributed by atoms with Crippen molar-refractivity contribution in [3.63, 3.8) is 0 Å². The van der Waals surface area contributed by atoms with Crippen LogP contribution in [0.3, 0.4) is 0 Å². The maximum absolute atomic E-state index is 14.2. The van der Waals surface area contributed by atoms with Gasteiger partial charge < -0.3 is 30.0 Å². The molecule has 3 amide bonds. The standard InChI is InChI=1S/C38H40N6O5/c1-28(32-10-6-3-7-11-32)21-41-36(45)24-44(23-29-12-14-34(15-13-29)48-25-31-16-18-39-19-17-31)37(46)35(20-33-22-40-27-42-33)43-38(47)49-26-30-8-4-2-5-9-30/h2-19,22,27-28,35H,20-21,23-26H2,1H3,(H,40,42)(H,41,45)(H,43,47)/t28?,35-/m0/s1. The fourth-order valence-electron chi connectivity index (χ4n) is 5.11. The van der Waals surface area contributed by atoms with Crippen LogP contribution in [0.1, 0.15) is 40.8 Å². The van der Waals surface area contributed by atoms with Gasteiger partial charge in [0.05, 0.1) is 12.9 Å². The second kappa shape index (κ2) is 17.8. The highest BCUT2D eigenvalue weighted by molar-refractivity contribution is 5.89. The fraction of sp³-hybridized carbons (Fsp3) is 0.237. The van der Waals surface area contributed by atoms with E-state index in [1.165, 1.54) is 11.2 Å². The van der Waals surface area contributed by atoms with Gasteiger partial charge in [-0.1, -0.05) is 79.7 Å². The Kier molecular flexibility index (Phi) is 12.5. The Morgan fingerprint density at radius 1 is 0.816 bits per heavy atom. The van der Waals surface area contributed by atoms with E-state index < -0.39 is 18.0 Å². The zero-order valence-corrected chi connectivity index (χ0v) is 27.3. The van der Waals surface area contributed by atoms with Gasteiger partial charge in [-0.25, -0.2) is 9.78 Å². The highest BCUT2D eigenvalue weighted by atomic mass is 16.5. The summed E-state index contributed by atoms with van der Waals surface area (Å²) in [5.74, 6) is -0.0369. The molecule has 0 bridgehead atoms. The molecule has 0 aliphatic carbocycles. The van der Waals surface area contributed by atoms with Gasteiger partial charge in [0.25, 0.3) is 0 Å². The second-order valence-electron chi connectivity index (χ2n) is 11.6. The molecule has 0 saturated heterocycles. The minimum Gasteiger partial charge on any atom is -0.489 e. The lowest BCUT2D eigenvalue weighted by molar-refractivity contribution is -0.138. The third kappa shape index (κ3) is 11.1. The summed E-state index contributed by atoms with van der Waals surface area (Å²) < 4.78 is 11.3. The normalized spacial score (nSPS) is 11.9. The van der Waals surface area contributed by atoms with Crippen molar-refractivity contribution in [3.05, 3.63) is 150 Å². The van der Waals surface area contributed by atoms with Gasteiger partial charge in [0.2, 0.25) is 11.8 Å². The molecule has 0 aliphatic rings. The van der Waals surface area contributed by atoms with E-state index in [2.05, 4.69) is 25.6 Å². The second-order valence-corrected chi connectivity index (χ2v) is 11.6. The molecule has 5 rings (SSSR count). The molecule has 3 aromatic carbocycles. The molecule has 252 valence electrons. The van der Waals surface area contributed by atoms with Crippen LogP contribution in [-0.4, -0.2) is 56.9 Å². The van der Waals surface area contributed by atoms with E-state index in [0.717, 1.165) is 22.3 Å². The van der Waals surface area contributed by atoms with Crippen molar-refractivity contribution in [2.45, 2.75) is 45.1 Å². The van der Waals surface area contributed by atoms with Gasteiger partial charge in [-0.2, -0.15) is 0 Å². The molecule has 2 aromatic heterocycles. The molecular weight excluding hydrogens is 620 g/mol. The first-order chi connectivity index (χ1) is 23.9. The predicted octanol–water partition coefficient (Wildman–Crippen LogP) is 5.17. The van der Waals surface area contributed by atoms with Crippen LogP contribution in [-0.2, 0) is 40.5 Å². The number of carbonyl (C=O) groups is 3. The minimum absolute atomic E-state index is 0.0406. The number of aromatic nitrogens is 3. The van der Waals surface area contributed by atoms with Crippen LogP contribution >= 0.6 is 0 Å². The molecule has 3 N–H and O–H groups in total. The average Bonchev–Trinajstić information content (AvgIpc) is 3.66. The molecule has 11 heteroatoms. The average molecular weight is 661 g/mol. The number of imidazole rings is 1. The predicted molar refractivity (Wildman–Crippen MR) is 184 cm³/mol. The molecule has 1 unspecified atom stereocenters. The minimum atomic E-state index is -1.04. The Morgan fingerprint density at radius 2 is 1.51 bits per heavy atom. The lowest BCUT2D eigenvalue weighted by Crippen LogP contribution is -2.52. The maximum atomic E-state index is 14.2. The largest absolute Gasteiger partial charge is 0.489 e. The van der Waals surface area contributed by atoms with Crippen molar-refractivity contribution < 1.29 is 23.9 Å². The van der Waals surface area contributed by atoms with Crippen LogP contribution in [0.15, 0.2) is 122 Å². The molecule has 5 aromatic rings. The van der Waals surface area contributed by atoms with E-state index in [1.54, 1.807) is 18.6 Å². The number of H-pyrrole nitrogens is 1. The SMILES string of the molecule is CC(CNC(=O)CN(Cc1ccc(OCc2ccncc2)cc1)C(=O)[C@H](Cc1cnc[nH]1)NC(=O)OCc1ccccc1)c1ccccc1. The van der Waals surface area contributed by atoms with Crippen molar-refractivity contribution in [2.75, 3.05) is 13.1 Å². The van der Waals surface area contributed by atoms with Gasteiger partial charge in [0.15, 0.2) is 0 Å². The number of alkyl carbamates (subject to hydrolysis) is 1. The number of nitrogens with zero attached hydrogens (tertiary/aromatic N) is 3. The van der Waals surface area contributed by atoms with E-state index in [0.29, 0.717) is 24.6 Å². The van der Waals surface area contributed by atoms with E-state index >= 15 is 0 Å². The van der Waals surface area contributed by atoms with E-state index in [9.17, 15) is 14.4 Å². The highest BCUT2D eigenvalue weighted by Crippen LogP contribution is 2.17. The number of pyridine rings is 1. The summed E-state index contributed by atoms with van der Waals surface area (Å²) in [6.07, 6.45) is 5.88. The summed E-state index contributed by atoms with van der Waals surface area (Å²) in [6, 6.07) is 29.2. The Morgan fingerprint density at radius 3 is 2.20 bits per heavy atom. The highest BCUT2D eigenvalue weighted by Gasteiger charge is 2.29. The van der Waals surface area contributed by atoms with Crippen LogP contribution in [0, 0.1) is 0 Å². The number of hydrogen-bond donors (Lipinski definition) is 3. The maximum Gasteiger partial charge on any atom is 0.408 e. The quantitative estimate of drug-likeness (QED) is 0.133. The third-order valence-electron chi connectivity index (χ3n) is 7.85. The Bertz CT molecular complexity index is 1740. The first-order valence-corrected chi connectivity index (χ1v) is 16.1. The van der Waals surface area contributed by atoms with Gasteiger partial charge in [0.1, 0.15) is 25.0 Å². The van der Waals surface area contributed by atoms with Crippen LogP contribution in [0.25, 0.3) is 0 Å². The van der Waals surface area contributed by atoms with Gasteiger partial charge in [-0.05, 0) is 52.4 Å². The topological polar surface area (TPSA) is 139 Å². The molecule has 2 heterocycles. The Balaban J connectivity index is 1.29. The summed E-state index contributed by atoms with van der Waals surface area (Å²) >= 11 is 0. The lowest BCUT2D eigenvalue weighted by Gasteiger charge is -2.28. The van der Waals surface area contributed by atoms with Crippen molar-refractivity contribution in [1.82, 2.24) is 30.5 Å². The number of benzene rings is 3. The zero-order valence-electron chi connectivity index (χ0n) is 27.3. The number of rotatable bonds is 16. The summed E-state index contributed by atoms with van der Waals surface area (Å²) in [4.78, 5) is 53.0. The molecule has 0 radical (unpaired) electrons. The van der Waals surface area contributed by atoms with Gasteiger partial charge in [-0.15, -0.1) is 0 Å². The van der Waals surface area contributed by atoms with Crippen molar-refractivity contribution in [3.8, 4) is 5.75 Å². The molecule has 0 fully saturated rings. The van der Waals surface area contributed by atoms with Crippen molar-refractivity contribution in [2.24, 2.45) is 0 Å². The number of nitrogens with one attached hydrogen (secondary N) is 3. The first-order valence-electron chi connectivity index (χ1n) is 16.1. The van der Waals surface area contributed by atoms with Crippen molar-refractivity contribution >= 4 is 17.9 Å². The van der Waals surface area contributed by atoms with Crippen LogP contribution in [0.2, 0.25) is 0 Å². The van der Waals surface area contributed by atoms with E-state index in [4.69, 9.17) is 9.47 Å². The number of carbonyl (C=O) groups excluding carboxylic acids is 3. The molecule has 0 saturated carbocycles. The molecule has 2 atom stereocenters. The van der Waals surface area contributed by atoms with Gasteiger partial charge in [0, 0.05) is 43.8 Å². The molecular formula is C38H40N6O5. The Hall–Kier alpha value is -5.97. The molecule has 11 nitrogen and oxygen atoms in total. The Labute approximate surface area is 285 Å². The smallest absolute Gasteiger partial charge is 0.408 e. The number of hydrogen-bond acceptors (Lipinski definition) is 7. The summed E-state index contributed by atoms with van der Waals surface area (Å²) in [5.41, 5.74) is 4.31. The zero-order chi connectivity index (χ0) is 34.3. The molecule has 0 aliphatic heterocycles. The number of ether oxygens (including phenoxy) is 2. The monoisotopic (exact) mass is 660 g/mol. The molecule has 49 heavy (non-hydrogen) atoms.